The molecule has 0 saturated carbocycles. The number of rotatable bonds is 4. The lowest BCUT2D eigenvalue weighted by Crippen LogP contribution is -2.04. The average molecular weight is 572 g/mol. The Bertz CT molecular complexity index is 728. The number of aromatic hydroxyl groups is 1. The number of phenolic OH excluding ortho intramolecular Hbond substituents is 1. The molecule has 122 valence electrons. The lowest BCUT2D eigenvalue weighted by atomic mass is 9.88. The van der Waals surface area contributed by atoms with Gasteiger partial charge in [0, 0.05) is 14.9 Å². The Morgan fingerprint density at radius 2 is 1.35 bits per heavy atom. The summed E-state index contributed by atoms with van der Waals surface area (Å²) in [6.07, 6.45) is 0.828. The number of carbonyl (C=O) groups is 1. The van der Waals surface area contributed by atoms with Gasteiger partial charge in [0.25, 0.3) is 0 Å². The second-order valence-electron chi connectivity index (χ2n) is 4.96. The molecule has 7 heteroatoms. The van der Waals surface area contributed by atoms with Gasteiger partial charge in [0.05, 0.1) is 14.5 Å². The maximum absolute atomic E-state index is 11.3. The van der Waals surface area contributed by atoms with E-state index >= 15 is 0 Å². The Hall–Kier alpha value is -0.370. The zero-order valence-corrected chi connectivity index (χ0v) is 18.3. The van der Waals surface area contributed by atoms with Gasteiger partial charge >= 0.3 is 5.97 Å². The molecule has 0 aliphatic carbocycles. The smallest absolute Gasteiger partial charge is 0.337 e. The van der Waals surface area contributed by atoms with Gasteiger partial charge in [-0.05, 0) is 106 Å². The van der Waals surface area contributed by atoms with Crippen molar-refractivity contribution in [2.45, 2.75) is 19.3 Å². The van der Waals surface area contributed by atoms with Crippen LogP contribution in [0.5, 0.6) is 5.75 Å². The van der Waals surface area contributed by atoms with Crippen LogP contribution in [0.2, 0.25) is 0 Å². The third-order valence-electron chi connectivity index (χ3n) is 3.53. The van der Waals surface area contributed by atoms with E-state index in [0.717, 1.165) is 17.5 Å². The van der Waals surface area contributed by atoms with Gasteiger partial charge in [-0.25, -0.2) is 4.79 Å². The summed E-state index contributed by atoms with van der Waals surface area (Å²) in [4.78, 5) is 11.3. The van der Waals surface area contributed by atoms with Crippen molar-refractivity contribution in [2.75, 3.05) is 0 Å². The summed E-state index contributed by atoms with van der Waals surface area (Å²) >= 11 is 13.4. The standard InChI is InChI=1S/C16H12Br4O3/c1-2-9(8-5-12(19)15(21)13(20)6-8)7-3-10(17)14(16(22)23)11(18)4-7/h3-6,9,21H,2H2,1H3,(H,22,23). The van der Waals surface area contributed by atoms with Gasteiger partial charge in [-0.3, -0.25) is 0 Å². The molecule has 0 aliphatic heterocycles. The monoisotopic (exact) mass is 568 g/mol. The fourth-order valence-corrected chi connectivity index (χ4v) is 5.23. The Kier molecular flexibility index (Phi) is 6.33. The van der Waals surface area contributed by atoms with Gasteiger partial charge in [0.1, 0.15) is 5.75 Å². The number of benzene rings is 2. The molecule has 0 heterocycles. The van der Waals surface area contributed by atoms with Gasteiger partial charge in [0.15, 0.2) is 0 Å². The van der Waals surface area contributed by atoms with Gasteiger partial charge in [0.2, 0.25) is 0 Å². The average Bonchev–Trinajstić information content (AvgIpc) is 2.44. The predicted octanol–water partition coefficient (Wildman–Crippen LogP) is 6.68. The summed E-state index contributed by atoms with van der Waals surface area (Å²) in [5.41, 5.74) is 2.21. The minimum atomic E-state index is -0.988. The molecule has 3 nitrogen and oxygen atoms in total. The first-order valence-corrected chi connectivity index (χ1v) is 9.83. The first-order chi connectivity index (χ1) is 10.8. The van der Waals surface area contributed by atoms with Crippen molar-refractivity contribution in [3.05, 3.63) is 58.8 Å². The minimum absolute atomic E-state index is 0.0682. The number of hydrogen-bond donors (Lipinski definition) is 2. The normalized spacial score (nSPS) is 12.2. The number of phenols is 1. The third kappa shape index (κ3) is 4.00. The van der Waals surface area contributed by atoms with Crippen LogP contribution < -0.4 is 0 Å². The van der Waals surface area contributed by atoms with Crippen LogP contribution in [0, 0.1) is 0 Å². The number of halogens is 4. The van der Waals surface area contributed by atoms with Crippen molar-refractivity contribution < 1.29 is 15.0 Å². The lowest BCUT2D eigenvalue weighted by molar-refractivity contribution is 0.0695. The van der Waals surface area contributed by atoms with Crippen LogP contribution >= 0.6 is 63.7 Å². The Labute approximate surface area is 167 Å². The quantitative estimate of drug-likeness (QED) is 0.430. The van der Waals surface area contributed by atoms with Crippen LogP contribution in [0.1, 0.15) is 40.7 Å². The highest BCUT2D eigenvalue weighted by atomic mass is 79.9. The van der Waals surface area contributed by atoms with Crippen LogP contribution in [0.25, 0.3) is 0 Å². The summed E-state index contributed by atoms with van der Waals surface area (Å²) in [6, 6.07) is 7.41. The highest BCUT2D eigenvalue weighted by molar-refractivity contribution is 9.11. The molecular formula is C16H12Br4O3. The van der Waals surface area contributed by atoms with E-state index in [1.54, 1.807) is 0 Å². The summed E-state index contributed by atoms with van der Waals surface area (Å²) in [5.74, 6) is -0.760. The van der Waals surface area contributed by atoms with E-state index in [1.165, 1.54) is 0 Å². The largest absolute Gasteiger partial charge is 0.506 e. The maximum Gasteiger partial charge on any atom is 0.337 e. The molecular weight excluding hydrogens is 560 g/mol. The molecule has 0 saturated heterocycles. The molecule has 2 aromatic rings. The minimum Gasteiger partial charge on any atom is -0.506 e. The molecule has 2 rings (SSSR count). The molecule has 0 amide bonds. The molecule has 0 spiro atoms. The van der Waals surface area contributed by atoms with E-state index < -0.39 is 5.97 Å². The molecule has 23 heavy (non-hydrogen) atoms. The van der Waals surface area contributed by atoms with E-state index in [0.29, 0.717) is 17.9 Å². The molecule has 0 bridgehead atoms. The van der Waals surface area contributed by atoms with Crippen LogP contribution in [0.15, 0.2) is 42.2 Å². The highest BCUT2D eigenvalue weighted by Gasteiger charge is 2.20. The van der Waals surface area contributed by atoms with Crippen LogP contribution in [-0.2, 0) is 0 Å². The molecule has 1 unspecified atom stereocenters. The molecule has 2 aromatic carbocycles. The van der Waals surface area contributed by atoms with Crippen molar-refractivity contribution in [2.24, 2.45) is 0 Å². The Morgan fingerprint density at radius 3 is 1.70 bits per heavy atom. The van der Waals surface area contributed by atoms with Crippen molar-refractivity contribution in [3.63, 3.8) is 0 Å². The summed E-state index contributed by atoms with van der Waals surface area (Å²) < 4.78 is 2.29. The number of hydrogen-bond acceptors (Lipinski definition) is 2. The topological polar surface area (TPSA) is 57.5 Å². The highest BCUT2D eigenvalue weighted by Crippen LogP contribution is 2.40. The zero-order chi connectivity index (χ0) is 17.3. The molecule has 0 aliphatic rings. The molecule has 0 fully saturated rings. The Balaban J connectivity index is 2.56. The zero-order valence-electron chi connectivity index (χ0n) is 11.9. The van der Waals surface area contributed by atoms with E-state index in [4.69, 9.17) is 0 Å². The third-order valence-corrected chi connectivity index (χ3v) is 5.99. The number of aromatic carboxylic acids is 1. The van der Waals surface area contributed by atoms with Crippen LogP contribution in [0.3, 0.4) is 0 Å². The maximum atomic E-state index is 11.3. The van der Waals surface area contributed by atoms with E-state index in [2.05, 4.69) is 70.6 Å². The Morgan fingerprint density at radius 1 is 0.957 bits per heavy atom. The first-order valence-electron chi connectivity index (χ1n) is 6.66. The fraction of sp³-hybridized carbons (Fsp3) is 0.188. The van der Waals surface area contributed by atoms with E-state index in [1.807, 2.05) is 24.3 Å². The van der Waals surface area contributed by atoms with Gasteiger partial charge in [-0.2, -0.15) is 0 Å². The number of carboxylic acids is 1. The van der Waals surface area contributed by atoms with E-state index in [-0.39, 0.29) is 17.2 Å². The molecule has 2 N–H and O–H groups in total. The van der Waals surface area contributed by atoms with Crippen LogP contribution in [0.4, 0.5) is 0 Å². The van der Waals surface area contributed by atoms with E-state index in [9.17, 15) is 15.0 Å². The summed E-state index contributed by atoms with van der Waals surface area (Å²) in [6.45, 7) is 2.06. The van der Waals surface area contributed by atoms with Crippen LogP contribution in [-0.4, -0.2) is 16.2 Å². The SMILES string of the molecule is CCC(c1cc(Br)c(O)c(Br)c1)c1cc(Br)c(C(=O)O)c(Br)c1. The van der Waals surface area contributed by atoms with Gasteiger partial charge < -0.3 is 10.2 Å². The number of carboxylic acid groups (broad SMARTS) is 1. The molecule has 1 atom stereocenters. The van der Waals surface area contributed by atoms with Gasteiger partial charge in [-0.1, -0.05) is 6.92 Å². The second-order valence-corrected chi connectivity index (χ2v) is 8.38. The molecule has 0 aromatic heterocycles. The molecule has 0 radical (unpaired) electrons. The summed E-state index contributed by atoms with van der Waals surface area (Å²) in [5, 5.41) is 19.1. The summed E-state index contributed by atoms with van der Waals surface area (Å²) in [7, 11) is 0. The second kappa shape index (κ2) is 7.68. The lowest BCUT2D eigenvalue weighted by Gasteiger charge is -2.19. The van der Waals surface area contributed by atoms with Gasteiger partial charge in [-0.15, -0.1) is 0 Å². The fourth-order valence-electron chi connectivity index (χ4n) is 2.45. The predicted molar refractivity (Wildman–Crippen MR) is 104 cm³/mol. The van der Waals surface area contributed by atoms with Crippen molar-refractivity contribution in [3.8, 4) is 5.75 Å². The first kappa shape index (κ1) is 19.0. The van der Waals surface area contributed by atoms with Crippen molar-refractivity contribution >= 4 is 69.7 Å². The van der Waals surface area contributed by atoms with Crippen molar-refractivity contribution in [1.82, 2.24) is 0 Å². The van der Waals surface area contributed by atoms with Crippen molar-refractivity contribution in [1.29, 1.82) is 0 Å².